The van der Waals surface area contributed by atoms with Gasteiger partial charge in [0.05, 0.1) is 13.7 Å². The number of pyridine rings is 1. The van der Waals surface area contributed by atoms with E-state index in [4.69, 9.17) is 4.74 Å². The summed E-state index contributed by atoms with van der Waals surface area (Å²) in [5.41, 5.74) is 1.55. The van der Waals surface area contributed by atoms with Gasteiger partial charge in [0.1, 0.15) is 11.3 Å². The van der Waals surface area contributed by atoms with Gasteiger partial charge in [-0.2, -0.15) is 0 Å². The number of fused-ring (bicyclic) bond motifs is 1. The molecule has 114 valence electrons. The quantitative estimate of drug-likeness (QED) is 0.742. The van der Waals surface area contributed by atoms with E-state index in [0.717, 1.165) is 11.3 Å². The molecule has 1 amide bonds. The Morgan fingerprint density at radius 3 is 2.62 bits per heavy atom. The van der Waals surface area contributed by atoms with Crippen LogP contribution in [-0.4, -0.2) is 41.2 Å². The molecule has 1 aromatic rings. The highest BCUT2D eigenvalue weighted by atomic mass is 16.6. The van der Waals surface area contributed by atoms with Crippen molar-refractivity contribution in [1.29, 1.82) is 0 Å². The summed E-state index contributed by atoms with van der Waals surface area (Å²) in [5, 5.41) is 0. The van der Waals surface area contributed by atoms with Crippen LogP contribution in [0.15, 0.2) is 12.1 Å². The maximum Gasteiger partial charge on any atom is 0.410 e. The van der Waals surface area contributed by atoms with E-state index in [-0.39, 0.29) is 6.09 Å². The molecule has 0 unspecified atom stereocenters. The lowest BCUT2D eigenvalue weighted by Crippen LogP contribution is -2.40. The average molecular weight is 292 g/mol. The van der Waals surface area contributed by atoms with E-state index in [2.05, 4.69) is 9.72 Å². The number of carbonyl (C=O) groups is 2. The first-order chi connectivity index (χ1) is 9.80. The van der Waals surface area contributed by atoms with Gasteiger partial charge in [-0.25, -0.2) is 14.6 Å². The standard InChI is InChI=1S/C15H20N2O4/c1-15(2,3)21-14(19)17-8-7-11-10(9-17)5-6-12(16-11)13(18)20-4/h5-6H,7-9H2,1-4H3. The number of hydrogen-bond donors (Lipinski definition) is 0. The van der Waals surface area contributed by atoms with Crippen LogP contribution in [0, 0.1) is 0 Å². The predicted octanol–water partition coefficient (Wildman–Crippen LogP) is 2.16. The summed E-state index contributed by atoms with van der Waals surface area (Å²) in [6.07, 6.45) is 0.268. The van der Waals surface area contributed by atoms with E-state index < -0.39 is 11.6 Å². The van der Waals surface area contributed by atoms with Crippen LogP contribution in [0.4, 0.5) is 4.79 Å². The zero-order valence-corrected chi connectivity index (χ0v) is 12.8. The van der Waals surface area contributed by atoms with E-state index in [1.165, 1.54) is 7.11 Å². The third-order valence-corrected chi connectivity index (χ3v) is 3.09. The van der Waals surface area contributed by atoms with Crippen LogP contribution in [0.3, 0.4) is 0 Å². The normalized spacial score (nSPS) is 14.4. The Morgan fingerprint density at radius 1 is 1.29 bits per heavy atom. The third-order valence-electron chi connectivity index (χ3n) is 3.09. The Hall–Kier alpha value is -2.11. The summed E-state index contributed by atoms with van der Waals surface area (Å²) in [4.78, 5) is 29.5. The zero-order valence-electron chi connectivity index (χ0n) is 12.8. The number of methoxy groups -OCH3 is 1. The number of ether oxygens (including phenoxy) is 2. The Morgan fingerprint density at radius 2 is 2.00 bits per heavy atom. The Kier molecular flexibility index (Phi) is 4.16. The third kappa shape index (κ3) is 3.71. The summed E-state index contributed by atoms with van der Waals surface area (Å²) in [6, 6.07) is 3.42. The van der Waals surface area contributed by atoms with E-state index in [1.807, 2.05) is 26.8 Å². The molecule has 0 aromatic carbocycles. The second-order valence-corrected chi connectivity index (χ2v) is 5.95. The molecule has 0 saturated heterocycles. The largest absolute Gasteiger partial charge is 0.464 e. The minimum Gasteiger partial charge on any atom is -0.464 e. The topological polar surface area (TPSA) is 68.7 Å². The lowest BCUT2D eigenvalue weighted by atomic mass is 10.1. The monoisotopic (exact) mass is 292 g/mol. The van der Waals surface area contributed by atoms with Gasteiger partial charge < -0.3 is 14.4 Å². The SMILES string of the molecule is COC(=O)c1ccc2c(n1)CCN(C(=O)OC(C)(C)C)C2. The molecule has 0 aliphatic carbocycles. The summed E-state index contributed by atoms with van der Waals surface area (Å²) in [5.74, 6) is -0.452. The molecule has 0 saturated carbocycles. The van der Waals surface area contributed by atoms with Crippen molar-refractivity contribution in [2.75, 3.05) is 13.7 Å². The molecule has 0 N–H and O–H groups in total. The number of esters is 1. The molecule has 21 heavy (non-hydrogen) atoms. The number of hydrogen-bond acceptors (Lipinski definition) is 5. The summed E-state index contributed by atoms with van der Waals surface area (Å²) in [6.45, 7) is 6.49. The molecule has 0 atom stereocenters. The van der Waals surface area contributed by atoms with Crippen molar-refractivity contribution in [1.82, 2.24) is 9.88 Å². The smallest absolute Gasteiger partial charge is 0.410 e. The fraction of sp³-hybridized carbons (Fsp3) is 0.533. The first-order valence-corrected chi connectivity index (χ1v) is 6.85. The number of amides is 1. The highest BCUT2D eigenvalue weighted by molar-refractivity contribution is 5.87. The van der Waals surface area contributed by atoms with Crippen molar-refractivity contribution in [3.05, 3.63) is 29.1 Å². The van der Waals surface area contributed by atoms with Gasteiger partial charge in [-0.15, -0.1) is 0 Å². The average Bonchev–Trinajstić information content (AvgIpc) is 2.43. The summed E-state index contributed by atoms with van der Waals surface area (Å²) >= 11 is 0. The Bertz CT molecular complexity index is 563. The lowest BCUT2D eigenvalue weighted by molar-refractivity contribution is 0.0222. The molecule has 2 heterocycles. The summed E-state index contributed by atoms with van der Waals surface area (Å²) < 4.78 is 10.0. The zero-order chi connectivity index (χ0) is 15.6. The molecule has 1 aliphatic heterocycles. The van der Waals surface area contributed by atoms with Gasteiger partial charge in [-0.3, -0.25) is 0 Å². The first-order valence-electron chi connectivity index (χ1n) is 6.85. The van der Waals surface area contributed by atoms with E-state index in [1.54, 1.807) is 11.0 Å². The Balaban J connectivity index is 2.11. The van der Waals surface area contributed by atoms with Crippen molar-refractivity contribution < 1.29 is 19.1 Å². The van der Waals surface area contributed by atoms with Crippen LogP contribution in [0.25, 0.3) is 0 Å². The van der Waals surface area contributed by atoms with E-state index in [0.29, 0.717) is 25.2 Å². The molecular weight excluding hydrogens is 272 g/mol. The van der Waals surface area contributed by atoms with Crippen molar-refractivity contribution >= 4 is 12.1 Å². The Labute approximate surface area is 124 Å². The van der Waals surface area contributed by atoms with Gasteiger partial charge in [0.25, 0.3) is 0 Å². The van der Waals surface area contributed by atoms with Gasteiger partial charge in [0.2, 0.25) is 0 Å². The molecule has 1 aromatic heterocycles. The second-order valence-electron chi connectivity index (χ2n) is 5.95. The lowest BCUT2D eigenvalue weighted by Gasteiger charge is -2.30. The molecule has 0 fully saturated rings. The van der Waals surface area contributed by atoms with Crippen LogP contribution in [0.2, 0.25) is 0 Å². The maximum absolute atomic E-state index is 12.1. The van der Waals surface area contributed by atoms with Gasteiger partial charge in [-0.05, 0) is 32.4 Å². The minimum absolute atomic E-state index is 0.293. The van der Waals surface area contributed by atoms with Crippen molar-refractivity contribution in [2.45, 2.75) is 39.3 Å². The molecule has 6 nitrogen and oxygen atoms in total. The first kappa shape index (κ1) is 15.3. The molecule has 0 radical (unpaired) electrons. The predicted molar refractivity (Wildman–Crippen MR) is 75.9 cm³/mol. The van der Waals surface area contributed by atoms with Gasteiger partial charge in [0, 0.05) is 18.7 Å². The van der Waals surface area contributed by atoms with Crippen LogP contribution in [0.5, 0.6) is 0 Å². The number of carbonyl (C=O) groups excluding carboxylic acids is 2. The van der Waals surface area contributed by atoms with E-state index in [9.17, 15) is 9.59 Å². The molecular formula is C15H20N2O4. The maximum atomic E-state index is 12.1. The van der Waals surface area contributed by atoms with Crippen molar-refractivity contribution in [3.63, 3.8) is 0 Å². The van der Waals surface area contributed by atoms with Crippen LogP contribution < -0.4 is 0 Å². The van der Waals surface area contributed by atoms with Gasteiger partial charge in [-0.1, -0.05) is 6.07 Å². The van der Waals surface area contributed by atoms with Crippen LogP contribution in [0.1, 0.15) is 42.5 Å². The highest BCUT2D eigenvalue weighted by Gasteiger charge is 2.26. The van der Waals surface area contributed by atoms with Gasteiger partial charge in [0.15, 0.2) is 0 Å². The van der Waals surface area contributed by atoms with Crippen molar-refractivity contribution in [2.24, 2.45) is 0 Å². The fourth-order valence-electron chi connectivity index (χ4n) is 2.12. The van der Waals surface area contributed by atoms with Crippen LogP contribution in [-0.2, 0) is 22.4 Å². The minimum atomic E-state index is -0.510. The molecule has 0 bridgehead atoms. The van der Waals surface area contributed by atoms with Gasteiger partial charge >= 0.3 is 12.1 Å². The number of aromatic nitrogens is 1. The highest BCUT2D eigenvalue weighted by Crippen LogP contribution is 2.20. The molecule has 2 rings (SSSR count). The van der Waals surface area contributed by atoms with E-state index >= 15 is 0 Å². The second kappa shape index (κ2) is 5.71. The molecule has 1 aliphatic rings. The molecule has 0 spiro atoms. The molecule has 6 heteroatoms. The van der Waals surface area contributed by atoms with Crippen LogP contribution >= 0.6 is 0 Å². The number of nitrogens with zero attached hydrogens (tertiary/aromatic N) is 2. The van der Waals surface area contributed by atoms with Crippen molar-refractivity contribution in [3.8, 4) is 0 Å². The number of rotatable bonds is 1. The summed E-state index contributed by atoms with van der Waals surface area (Å²) in [7, 11) is 1.33. The fourth-order valence-corrected chi connectivity index (χ4v) is 2.12.